The molecule has 1 aliphatic rings. The van der Waals surface area contributed by atoms with Crippen LogP contribution in [-0.2, 0) is 6.42 Å². The number of rotatable bonds is 4. The maximum absolute atomic E-state index is 12.2. The van der Waals surface area contributed by atoms with Crippen LogP contribution < -0.4 is 0 Å². The van der Waals surface area contributed by atoms with Crippen LogP contribution in [0.4, 0.5) is 0 Å². The maximum atomic E-state index is 12.2. The third-order valence-corrected chi connectivity index (χ3v) is 5.24. The molecule has 0 bridgehead atoms. The fourth-order valence-corrected chi connectivity index (χ4v) is 4.14. The van der Waals surface area contributed by atoms with Crippen molar-refractivity contribution in [1.82, 2.24) is 4.90 Å². The minimum absolute atomic E-state index is 0.174. The second kappa shape index (κ2) is 5.53. The summed E-state index contributed by atoms with van der Waals surface area (Å²) in [6.45, 7) is 3.01. The van der Waals surface area contributed by atoms with Gasteiger partial charge in [0.2, 0.25) is 0 Å². The van der Waals surface area contributed by atoms with Gasteiger partial charge in [-0.15, -0.1) is 11.3 Å². The van der Waals surface area contributed by atoms with E-state index in [1.807, 2.05) is 18.0 Å². The summed E-state index contributed by atoms with van der Waals surface area (Å²) in [5.41, 5.74) is 0. The molecular formula is C13H18BrNOS. The van der Waals surface area contributed by atoms with Gasteiger partial charge in [-0.2, -0.15) is 0 Å². The number of hydrogen-bond acceptors (Lipinski definition) is 2. The van der Waals surface area contributed by atoms with Crippen molar-refractivity contribution in [3.63, 3.8) is 0 Å². The average molecular weight is 316 g/mol. The van der Waals surface area contributed by atoms with Crippen LogP contribution in [0.3, 0.4) is 0 Å². The zero-order valence-corrected chi connectivity index (χ0v) is 12.7. The number of hydrogen-bond donors (Lipinski definition) is 0. The Labute approximate surface area is 115 Å². The lowest BCUT2D eigenvalue weighted by molar-refractivity contribution is 0.0753. The van der Waals surface area contributed by atoms with Gasteiger partial charge in [-0.1, -0.05) is 22.9 Å². The minimum Gasteiger partial charge on any atom is -0.341 e. The topological polar surface area (TPSA) is 20.3 Å². The lowest BCUT2D eigenvalue weighted by Crippen LogP contribution is -2.37. The smallest absolute Gasteiger partial charge is 0.263 e. The number of nitrogens with zero attached hydrogens (tertiary/aromatic N) is 1. The van der Waals surface area contributed by atoms with E-state index < -0.39 is 0 Å². The van der Waals surface area contributed by atoms with Crippen LogP contribution in [0.5, 0.6) is 0 Å². The molecule has 1 heterocycles. The fraction of sp³-hybridized carbons (Fsp3) is 0.615. The molecule has 0 radical (unpaired) electrons. The number of carbonyl (C=O) groups is 1. The van der Waals surface area contributed by atoms with Gasteiger partial charge in [0.05, 0.1) is 4.88 Å². The molecule has 0 aliphatic heterocycles. The second-order valence-electron chi connectivity index (χ2n) is 4.74. The molecule has 1 aliphatic carbocycles. The molecule has 4 heteroatoms. The first-order valence-corrected chi connectivity index (χ1v) is 7.81. The standard InChI is InChI=1S/C13H18BrNOS/c1-3-11-4-5-12(17-11)13(16)15(2)8-9-6-10(14)7-9/h4-5,9-10H,3,6-8H2,1-2H3. The molecule has 2 rings (SSSR count). The number of thiophene rings is 1. The van der Waals surface area contributed by atoms with Crippen LogP contribution in [0, 0.1) is 5.92 Å². The van der Waals surface area contributed by atoms with Gasteiger partial charge in [0.25, 0.3) is 5.91 Å². The van der Waals surface area contributed by atoms with E-state index in [4.69, 9.17) is 0 Å². The third kappa shape index (κ3) is 3.10. The summed E-state index contributed by atoms with van der Waals surface area (Å²) in [4.78, 5) is 16.9. The monoisotopic (exact) mass is 315 g/mol. The summed E-state index contributed by atoms with van der Waals surface area (Å²) in [7, 11) is 1.91. The van der Waals surface area contributed by atoms with Crippen molar-refractivity contribution in [3.05, 3.63) is 21.9 Å². The van der Waals surface area contributed by atoms with E-state index in [0.29, 0.717) is 10.7 Å². The van der Waals surface area contributed by atoms with Crippen molar-refractivity contribution in [2.75, 3.05) is 13.6 Å². The van der Waals surface area contributed by atoms with Crippen LogP contribution in [0.25, 0.3) is 0 Å². The van der Waals surface area contributed by atoms with Crippen LogP contribution in [0.15, 0.2) is 12.1 Å². The van der Waals surface area contributed by atoms with Gasteiger partial charge in [-0.3, -0.25) is 4.79 Å². The van der Waals surface area contributed by atoms with E-state index in [-0.39, 0.29) is 5.91 Å². The molecular weight excluding hydrogens is 298 g/mol. The molecule has 2 nitrogen and oxygen atoms in total. The van der Waals surface area contributed by atoms with E-state index in [1.165, 1.54) is 17.7 Å². The van der Waals surface area contributed by atoms with Crippen LogP contribution in [-0.4, -0.2) is 29.2 Å². The van der Waals surface area contributed by atoms with Gasteiger partial charge >= 0.3 is 0 Å². The van der Waals surface area contributed by atoms with Crippen molar-refractivity contribution < 1.29 is 4.79 Å². The predicted molar refractivity (Wildman–Crippen MR) is 76.1 cm³/mol. The summed E-state index contributed by atoms with van der Waals surface area (Å²) >= 11 is 5.21. The molecule has 0 atom stereocenters. The Morgan fingerprint density at radius 1 is 1.53 bits per heavy atom. The normalized spacial score (nSPS) is 23.2. The van der Waals surface area contributed by atoms with E-state index >= 15 is 0 Å². The number of amides is 1. The van der Waals surface area contributed by atoms with E-state index in [9.17, 15) is 4.79 Å². The van der Waals surface area contributed by atoms with E-state index in [0.717, 1.165) is 17.8 Å². The van der Waals surface area contributed by atoms with Crippen molar-refractivity contribution in [1.29, 1.82) is 0 Å². The quantitative estimate of drug-likeness (QED) is 0.778. The van der Waals surface area contributed by atoms with Gasteiger partial charge in [-0.25, -0.2) is 0 Å². The summed E-state index contributed by atoms with van der Waals surface area (Å²) in [6.07, 6.45) is 3.40. The Balaban J connectivity index is 1.90. The highest BCUT2D eigenvalue weighted by Gasteiger charge is 2.29. The molecule has 1 saturated carbocycles. The maximum Gasteiger partial charge on any atom is 0.263 e. The molecule has 17 heavy (non-hydrogen) atoms. The predicted octanol–water partition coefficient (Wildman–Crippen LogP) is 3.56. The van der Waals surface area contributed by atoms with Crippen molar-refractivity contribution in [2.24, 2.45) is 5.92 Å². The highest BCUT2D eigenvalue weighted by atomic mass is 79.9. The number of aryl methyl sites for hydroxylation is 1. The van der Waals surface area contributed by atoms with Gasteiger partial charge in [-0.05, 0) is 37.3 Å². The SMILES string of the molecule is CCc1ccc(C(=O)N(C)CC2CC(Br)C2)s1. The Morgan fingerprint density at radius 2 is 2.24 bits per heavy atom. The van der Waals surface area contributed by atoms with Crippen LogP contribution in [0.1, 0.15) is 34.3 Å². The summed E-state index contributed by atoms with van der Waals surface area (Å²) < 4.78 is 0. The molecule has 0 unspecified atom stereocenters. The zero-order valence-electron chi connectivity index (χ0n) is 10.3. The second-order valence-corrected chi connectivity index (χ2v) is 7.20. The first-order chi connectivity index (χ1) is 8.10. The van der Waals surface area contributed by atoms with Gasteiger partial charge in [0.15, 0.2) is 0 Å². The molecule has 0 N–H and O–H groups in total. The summed E-state index contributed by atoms with van der Waals surface area (Å²) in [5, 5.41) is 0. The Kier molecular flexibility index (Phi) is 4.26. The minimum atomic E-state index is 0.174. The number of carbonyl (C=O) groups excluding carboxylic acids is 1. The van der Waals surface area contributed by atoms with Gasteiger partial charge < -0.3 is 4.90 Å². The lowest BCUT2D eigenvalue weighted by atomic mass is 9.85. The molecule has 1 amide bonds. The largest absolute Gasteiger partial charge is 0.341 e. The van der Waals surface area contributed by atoms with Gasteiger partial charge in [0.1, 0.15) is 0 Å². The molecule has 0 aromatic carbocycles. The third-order valence-electron chi connectivity index (χ3n) is 3.28. The molecule has 0 spiro atoms. The molecule has 94 valence electrons. The average Bonchev–Trinajstić information content (AvgIpc) is 2.74. The number of alkyl halides is 1. The van der Waals surface area contributed by atoms with E-state index in [1.54, 1.807) is 11.3 Å². The zero-order chi connectivity index (χ0) is 12.4. The number of halogens is 1. The van der Waals surface area contributed by atoms with E-state index in [2.05, 4.69) is 28.9 Å². The Hall–Kier alpha value is -0.350. The van der Waals surface area contributed by atoms with Crippen LogP contribution >= 0.6 is 27.3 Å². The highest BCUT2D eigenvalue weighted by Crippen LogP contribution is 2.33. The van der Waals surface area contributed by atoms with Gasteiger partial charge in [0, 0.05) is 23.3 Å². The lowest BCUT2D eigenvalue weighted by Gasteiger charge is -2.34. The summed E-state index contributed by atoms with van der Waals surface area (Å²) in [6, 6.07) is 4.01. The fourth-order valence-electron chi connectivity index (χ4n) is 2.14. The van der Waals surface area contributed by atoms with Crippen molar-refractivity contribution >= 4 is 33.2 Å². The first kappa shape index (κ1) is 13.1. The van der Waals surface area contributed by atoms with Crippen molar-refractivity contribution in [2.45, 2.75) is 31.0 Å². The van der Waals surface area contributed by atoms with Crippen LogP contribution in [0.2, 0.25) is 0 Å². The Bertz CT molecular complexity index is 398. The highest BCUT2D eigenvalue weighted by molar-refractivity contribution is 9.09. The van der Waals surface area contributed by atoms with Crippen molar-refractivity contribution in [3.8, 4) is 0 Å². The Morgan fingerprint density at radius 3 is 2.76 bits per heavy atom. The summed E-state index contributed by atoms with van der Waals surface area (Å²) in [5.74, 6) is 0.853. The molecule has 1 aromatic rings. The first-order valence-electron chi connectivity index (χ1n) is 6.08. The molecule has 0 saturated heterocycles. The molecule has 1 fully saturated rings. The molecule has 1 aromatic heterocycles.